The van der Waals surface area contributed by atoms with Crippen LogP contribution in [0.4, 0.5) is 11.4 Å². The second-order valence-corrected chi connectivity index (χ2v) is 7.42. The maximum Gasteiger partial charge on any atom is 0.270 e. The van der Waals surface area contributed by atoms with E-state index in [2.05, 4.69) is 15.3 Å². The Balaban J connectivity index is 2.01. The quantitative estimate of drug-likeness (QED) is 0.794. The molecule has 1 aliphatic heterocycles. The second-order valence-electron chi connectivity index (χ2n) is 6.51. The van der Waals surface area contributed by atoms with Gasteiger partial charge in [0.2, 0.25) is 11.9 Å². The van der Waals surface area contributed by atoms with Gasteiger partial charge < -0.3 is 20.9 Å². The summed E-state index contributed by atoms with van der Waals surface area (Å²) in [6.07, 6.45) is 1.59. The van der Waals surface area contributed by atoms with Gasteiger partial charge in [0.15, 0.2) is 0 Å². The predicted octanol–water partition coefficient (Wildman–Crippen LogP) is 3.12. The Kier molecular flexibility index (Phi) is 5.79. The van der Waals surface area contributed by atoms with Crippen molar-refractivity contribution in [2.24, 2.45) is 15.7 Å². The van der Waals surface area contributed by atoms with Crippen molar-refractivity contribution in [1.82, 2.24) is 4.90 Å². The molecule has 29 heavy (non-hydrogen) atoms. The van der Waals surface area contributed by atoms with Gasteiger partial charge in [-0.25, -0.2) is 4.99 Å². The Morgan fingerprint density at radius 3 is 2.45 bits per heavy atom. The summed E-state index contributed by atoms with van der Waals surface area (Å²) in [6.45, 7) is 3.66. The van der Waals surface area contributed by atoms with E-state index in [-0.39, 0.29) is 5.91 Å². The van der Waals surface area contributed by atoms with Gasteiger partial charge in [-0.3, -0.25) is 9.59 Å². The first-order chi connectivity index (χ1) is 13.8. The van der Waals surface area contributed by atoms with Gasteiger partial charge in [0.25, 0.3) is 5.91 Å². The molecule has 150 valence electrons. The molecule has 1 aromatic heterocycles. The van der Waals surface area contributed by atoms with E-state index in [4.69, 9.17) is 5.73 Å². The molecule has 3 rings (SSSR count). The first-order valence-corrected chi connectivity index (χ1v) is 9.72. The topological polar surface area (TPSA) is 103 Å². The number of fused-ring (bicyclic) bond motifs is 1. The maximum atomic E-state index is 12.9. The highest BCUT2D eigenvalue weighted by atomic mass is 32.1. The number of nitrogens with zero attached hydrogens (tertiary/aromatic N) is 4. The van der Waals surface area contributed by atoms with E-state index in [1.54, 1.807) is 42.4 Å². The van der Waals surface area contributed by atoms with Gasteiger partial charge in [-0.1, -0.05) is 0 Å². The van der Waals surface area contributed by atoms with Crippen molar-refractivity contribution in [2.45, 2.75) is 13.8 Å². The largest absolute Gasteiger partial charge is 0.366 e. The minimum atomic E-state index is -0.489. The number of anilines is 2. The molecule has 0 bridgehead atoms. The molecule has 0 saturated heterocycles. The molecule has 0 saturated carbocycles. The molecule has 0 spiro atoms. The van der Waals surface area contributed by atoms with Gasteiger partial charge in [-0.2, -0.15) is 4.99 Å². The van der Waals surface area contributed by atoms with Gasteiger partial charge in [0.05, 0.1) is 11.9 Å². The standard InChI is InChI=1S/C20H22N6O2S/c1-12-11-22-20(24-15-7-5-14(6-8-15)18(21)27)23-13(2)26(4)16-9-10-29-17(16)19(28)25(12)3/h5-11H,1-4H3,(H2,21,27)(H,22,24)/b12-11+,23-13+. The minimum Gasteiger partial charge on any atom is -0.366 e. The van der Waals surface area contributed by atoms with Gasteiger partial charge >= 0.3 is 0 Å². The molecule has 3 N–H and O–H groups in total. The van der Waals surface area contributed by atoms with Crippen LogP contribution in [-0.2, 0) is 0 Å². The number of aliphatic imine (C=N–C) groups is 2. The zero-order chi connectivity index (χ0) is 21.1. The van der Waals surface area contributed by atoms with Crippen molar-refractivity contribution in [2.75, 3.05) is 24.3 Å². The number of thiophene rings is 1. The first kappa shape index (κ1) is 20.3. The average Bonchev–Trinajstić information content (AvgIpc) is 3.19. The van der Waals surface area contributed by atoms with Crippen LogP contribution < -0.4 is 16.0 Å². The number of nitrogens with one attached hydrogen (secondary N) is 1. The van der Waals surface area contributed by atoms with E-state index >= 15 is 0 Å². The summed E-state index contributed by atoms with van der Waals surface area (Å²) in [5, 5.41) is 5.02. The van der Waals surface area contributed by atoms with Crippen LogP contribution in [0.25, 0.3) is 0 Å². The summed E-state index contributed by atoms with van der Waals surface area (Å²) in [7, 11) is 3.57. The number of hydrogen-bond donors (Lipinski definition) is 2. The second kappa shape index (κ2) is 8.27. The highest BCUT2D eigenvalue weighted by Gasteiger charge is 2.22. The molecule has 2 aromatic rings. The van der Waals surface area contributed by atoms with Gasteiger partial charge in [-0.15, -0.1) is 11.3 Å². The molecule has 2 heterocycles. The number of allylic oxidation sites excluding steroid dienone is 1. The monoisotopic (exact) mass is 410 g/mol. The molecule has 0 radical (unpaired) electrons. The third kappa shape index (κ3) is 4.35. The lowest BCUT2D eigenvalue weighted by Crippen LogP contribution is -2.29. The van der Waals surface area contributed by atoms with Crippen molar-refractivity contribution in [1.29, 1.82) is 0 Å². The third-order valence-corrected chi connectivity index (χ3v) is 5.48. The molecular weight excluding hydrogens is 388 g/mol. The fourth-order valence-corrected chi connectivity index (χ4v) is 3.52. The lowest BCUT2D eigenvalue weighted by molar-refractivity contribution is 0.0841. The maximum absolute atomic E-state index is 12.9. The fourth-order valence-electron chi connectivity index (χ4n) is 2.62. The number of hydrogen-bond acceptors (Lipinski definition) is 7. The average molecular weight is 411 g/mol. The van der Waals surface area contributed by atoms with Crippen LogP contribution in [0.2, 0.25) is 0 Å². The Hall–Kier alpha value is -3.46. The van der Waals surface area contributed by atoms with E-state index in [9.17, 15) is 9.59 Å². The predicted molar refractivity (Wildman–Crippen MR) is 118 cm³/mol. The summed E-state index contributed by atoms with van der Waals surface area (Å²) in [4.78, 5) is 37.2. The number of benzene rings is 1. The van der Waals surface area contributed by atoms with E-state index in [1.165, 1.54) is 11.3 Å². The zero-order valence-electron chi connectivity index (χ0n) is 16.6. The Morgan fingerprint density at radius 1 is 1.10 bits per heavy atom. The van der Waals surface area contributed by atoms with Gasteiger partial charge in [-0.05, 0) is 49.6 Å². The number of rotatable bonds is 2. The van der Waals surface area contributed by atoms with Crippen LogP contribution >= 0.6 is 11.3 Å². The Labute approximate surface area is 173 Å². The van der Waals surface area contributed by atoms with Crippen molar-refractivity contribution in [3.63, 3.8) is 0 Å². The SMILES string of the molecule is C\C1=C/N=C(Nc2ccc(C(N)=O)cc2)\N=C(/C)N(C)c2ccsc2C(=O)N1C. The molecule has 0 unspecified atom stereocenters. The lowest BCUT2D eigenvalue weighted by Gasteiger charge is -2.21. The molecule has 2 amide bonds. The van der Waals surface area contributed by atoms with E-state index in [0.29, 0.717) is 33.6 Å². The van der Waals surface area contributed by atoms with Crippen LogP contribution in [0.1, 0.15) is 33.9 Å². The lowest BCUT2D eigenvalue weighted by atomic mass is 10.2. The molecule has 0 atom stereocenters. The van der Waals surface area contributed by atoms with Crippen LogP contribution in [0.3, 0.4) is 0 Å². The van der Waals surface area contributed by atoms with Gasteiger partial charge in [0.1, 0.15) is 10.7 Å². The minimum absolute atomic E-state index is 0.1000. The van der Waals surface area contributed by atoms with Crippen molar-refractivity contribution < 1.29 is 9.59 Å². The highest BCUT2D eigenvalue weighted by molar-refractivity contribution is 7.12. The van der Waals surface area contributed by atoms with Crippen LogP contribution in [0.15, 0.2) is 57.6 Å². The highest BCUT2D eigenvalue weighted by Crippen LogP contribution is 2.28. The first-order valence-electron chi connectivity index (χ1n) is 8.84. The van der Waals surface area contributed by atoms with Crippen LogP contribution in [0, 0.1) is 0 Å². The molecule has 1 aliphatic rings. The van der Waals surface area contributed by atoms with E-state index in [0.717, 1.165) is 5.69 Å². The summed E-state index contributed by atoms with van der Waals surface area (Å²) < 4.78 is 0. The van der Waals surface area contributed by atoms with Gasteiger partial charge in [0, 0.05) is 31.0 Å². The fraction of sp³-hybridized carbons (Fsp3) is 0.200. The molecule has 0 aliphatic carbocycles. The number of amidine groups is 1. The summed E-state index contributed by atoms with van der Waals surface area (Å²) in [5.74, 6) is 0.419. The number of primary amides is 1. The number of amides is 2. The normalized spacial score (nSPS) is 20.4. The van der Waals surface area contributed by atoms with E-state index < -0.39 is 5.91 Å². The molecule has 0 fully saturated rings. The zero-order valence-corrected chi connectivity index (χ0v) is 17.4. The van der Waals surface area contributed by atoms with Crippen molar-refractivity contribution in [3.05, 3.63) is 58.0 Å². The summed E-state index contributed by atoms with van der Waals surface area (Å²) in [5.41, 5.74) is 7.87. The van der Waals surface area contributed by atoms with Crippen LogP contribution in [-0.4, -0.2) is 42.6 Å². The number of carbonyl (C=O) groups is 2. The molecule has 1 aromatic carbocycles. The summed E-state index contributed by atoms with van der Waals surface area (Å²) in [6, 6.07) is 8.61. The smallest absolute Gasteiger partial charge is 0.270 e. The van der Waals surface area contributed by atoms with E-state index in [1.807, 2.05) is 37.2 Å². The molecule has 9 heteroatoms. The number of carbonyl (C=O) groups excluding carboxylic acids is 2. The Bertz CT molecular complexity index is 1040. The van der Waals surface area contributed by atoms with Crippen LogP contribution in [0.5, 0.6) is 0 Å². The Morgan fingerprint density at radius 2 is 1.79 bits per heavy atom. The molecular formula is C20H22N6O2S. The number of nitrogens with two attached hydrogens (primary N) is 1. The van der Waals surface area contributed by atoms with Crippen molar-refractivity contribution in [3.8, 4) is 0 Å². The molecule has 8 nitrogen and oxygen atoms in total. The van der Waals surface area contributed by atoms with Crippen molar-refractivity contribution >= 4 is 46.3 Å². The summed E-state index contributed by atoms with van der Waals surface area (Å²) >= 11 is 1.39. The number of guanidine groups is 1. The third-order valence-electron chi connectivity index (χ3n) is 4.59.